The zero-order chi connectivity index (χ0) is 18.8. The normalized spacial score (nSPS) is 25.2. The number of ether oxygens (including phenoxy) is 3. The van der Waals surface area contributed by atoms with E-state index in [0.717, 1.165) is 25.9 Å². The van der Waals surface area contributed by atoms with E-state index in [0.29, 0.717) is 12.3 Å². The van der Waals surface area contributed by atoms with Gasteiger partial charge in [-0.05, 0) is 37.1 Å². The second kappa shape index (κ2) is 7.51. The number of hydrogen-bond acceptors (Lipinski definition) is 8. The largest absolute Gasteiger partial charge is 0.497 e. The van der Waals surface area contributed by atoms with Crippen LogP contribution in [0.4, 0.5) is 0 Å². The summed E-state index contributed by atoms with van der Waals surface area (Å²) in [5.41, 5.74) is 0. The second-order valence-corrected chi connectivity index (χ2v) is 8.46. The highest BCUT2D eigenvalue weighted by molar-refractivity contribution is 7.93. The molecule has 2 saturated heterocycles. The monoisotopic (exact) mass is 384 g/mol. The van der Waals surface area contributed by atoms with Crippen molar-refractivity contribution in [3.8, 4) is 5.75 Å². The third kappa shape index (κ3) is 3.20. The Bertz CT molecular complexity index is 745. The summed E-state index contributed by atoms with van der Waals surface area (Å²) in [6.45, 7) is 2.27. The van der Waals surface area contributed by atoms with Crippen LogP contribution in [0.3, 0.4) is 0 Å². The Balaban J connectivity index is 1.99. The van der Waals surface area contributed by atoms with E-state index in [4.69, 9.17) is 14.2 Å². The van der Waals surface area contributed by atoms with Crippen LogP contribution in [0, 0.1) is 0 Å². The first kappa shape index (κ1) is 19.1. The molecule has 1 aromatic carbocycles. The fourth-order valence-corrected chi connectivity index (χ4v) is 5.14. The summed E-state index contributed by atoms with van der Waals surface area (Å²) in [6.07, 6.45) is 2.10. The number of rotatable bonds is 5. The van der Waals surface area contributed by atoms with Gasteiger partial charge in [0, 0.05) is 19.6 Å². The fourth-order valence-electron chi connectivity index (χ4n) is 3.40. The molecule has 1 atom stereocenters. The van der Waals surface area contributed by atoms with Gasteiger partial charge in [-0.25, -0.2) is 23.2 Å². The van der Waals surface area contributed by atoms with Crippen molar-refractivity contribution in [2.75, 3.05) is 47.0 Å². The summed E-state index contributed by atoms with van der Waals surface area (Å²) in [7, 11) is -1.47. The number of benzene rings is 1. The summed E-state index contributed by atoms with van der Waals surface area (Å²) >= 11 is 0. The maximum atomic E-state index is 13.4. The Hall–Kier alpha value is -1.68. The Kier molecular flexibility index (Phi) is 5.52. The van der Waals surface area contributed by atoms with Gasteiger partial charge in [0.25, 0.3) is 4.93 Å². The van der Waals surface area contributed by atoms with Gasteiger partial charge in [0.15, 0.2) is 0 Å². The second-order valence-electron chi connectivity index (χ2n) is 6.32. The summed E-state index contributed by atoms with van der Waals surface area (Å²) < 4.78 is 42.3. The van der Waals surface area contributed by atoms with Crippen molar-refractivity contribution in [3.05, 3.63) is 24.3 Å². The van der Waals surface area contributed by atoms with Gasteiger partial charge < -0.3 is 14.2 Å². The van der Waals surface area contributed by atoms with Crippen molar-refractivity contribution in [2.45, 2.75) is 22.7 Å². The van der Waals surface area contributed by atoms with Gasteiger partial charge in [-0.15, -0.1) is 0 Å². The topological polar surface area (TPSA) is 85.4 Å². The zero-order valence-electron chi connectivity index (χ0n) is 15.0. The lowest BCUT2D eigenvalue weighted by Gasteiger charge is -2.43. The average Bonchev–Trinajstić information content (AvgIpc) is 3.22. The van der Waals surface area contributed by atoms with Crippen LogP contribution in [0.5, 0.6) is 5.75 Å². The zero-order valence-corrected chi connectivity index (χ0v) is 15.8. The molecule has 0 radical (unpaired) electrons. The lowest BCUT2D eigenvalue weighted by atomic mass is 10.3. The highest BCUT2D eigenvalue weighted by Crippen LogP contribution is 2.34. The number of methoxy groups -OCH3 is 2. The Labute approximate surface area is 153 Å². The molecule has 2 fully saturated rings. The number of hydrogen-bond donors (Lipinski definition) is 0. The quantitative estimate of drug-likeness (QED) is 0.685. The maximum Gasteiger partial charge on any atom is 0.356 e. The summed E-state index contributed by atoms with van der Waals surface area (Å²) in [5.74, 6) is -0.378. The van der Waals surface area contributed by atoms with Crippen molar-refractivity contribution in [1.82, 2.24) is 10.0 Å². The predicted molar refractivity (Wildman–Crippen MR) is 93.3 cm³/mol. The summed E-state index contributed by atoms with van der Waals surface area (Å²) in [5, 5.41) is 3.98. The van der Waals surface area contributed by atoms with Gasteiger partial charge in [-0.1, -0.05) is 0 Å². The molecule has 8 nitrogen and oxygen atoms in total. The van der Waals surface area contributed by atoms with Crippen LogP contribution in [0.2, 0.25) is 0 Å². The average molecular weight is 384 g/mol. The lowest BCUT2D eigenvalue weighted by molar-refractivity contribution is -0.178. The van der Waals surface area contributed by atoms with Crippen molar-refractivity contribution >= 4 is 15.8 Å². The number of esters is 1. The van der Waals surface area contributed by atoms with Gasteiger partial charge in [-0.3, -0.25) is 0 Å². The van der Waals surface area contributed by atoms with E-state index in [-0.39, 0.29) is 18.0 Å². The van der Waals surface area contributed by atoms with Gasteiger partial charge in [-0.2, -0.15) is 0 Å². The van der Waals surface area contributed by atoms with Crippen LogP contribution in [0.25, 0.3) is 0 Å². The standard InChI is InChI=1S/C17H24N2O6S/c1-23-14-5-7-15(8-6-14)26(21,22)17(16(20)24-2)13-19(11-12-25-17)18-9-3-4-10-18/h5-8H,3-4,9-13H2,1-2H3. The van der Waals surface area contributed by atoms with Gasteiger partial charge in [0.05, 0.1) is 32.3 Å². The Morgan fingerprint density at radius 3 is 2.31 bits per heavy atom. The molecule has 1 unspecified atom stereocenters. The van der Waals surface area contributed by atoms with Crippen LogP contribution < -0.4 is 4.74 Å². The third-order valence-corrected chi connectivity index (χ3v) is 7.03. The lowest BCUT2D eigenvalue weighted by Crippen LogP contribution is -2.64. The minimum absolute atomic E-state index is 0.00743. The third-order valence-electron chi connectivity index (χ3n) is 4.86. The number of carbonyl (C=O) groups excluding carboxylic acids is 1. The van der Waals surface area contributed by atoms with Crippen LogP contribution in [0.1, 0.15) is 12.8 Å². The fraction of sp³-hybridized carbons (Fsp3) is 0.588. The Morgan fingerprint density at radius 1 is 1.08 bits per heavy atom. The minimum atomic E-state index is -4.14. The van der Waals surface area contributed by atoms with Crippen LogP contribution in [0.15, 0.2) is 29.2 Å². The molecular weight excluding hydrogens is 360 g/mol. The summed E-state index contributed by atoms with van der Waals surface area (Å²) in [6, 6.07) is 5.91. The molecule has 0 aromatic heterocycles. The van der Waals surface area contributed by atoms with E-state index >= 15 is 0 Å². The number of sulfone groups is 1. The van der Waals surface area contributed by atoms with Crippen molar-refractivity contribution < 1.29 is 27.4 Å². The number of carbonyl (C=O) groups is 1. The van der Waals surface area contributed by atoms with E-state index in [9.17, 15) is 13.2 Å². The minimum Gasteiger partial charge on any atom is -0.497 e. The maximum absolute atomic E-state index is 13.4. The van der Waals surface area contributed by atoms with E-state index in [1.165, 1.54) is 26.4 Å². The highest BCUT2D eigenvalue weighted by Gasteiger charge is 2.57. The molecule has 2 aliphatic rings. The molecule has 2 aliphatic heterocycles. The molecule has 0 bridgehead atoms. The number of morpholine rings is 1. The molecule has 0 spiro atoms. The highest BCUT2D eigenvalue weighted by atomic mass is 32.2. The van der Waals surface area contributed by atoms with Crippen LogP contribution in [-0.2, 0) is 24.1 Å². The molecule has 0 aliphatic carbocycles. The molecule has 0 N–H and O–H groups in total. The predicted octanol–water partition coefficient (Wildman–Crippen LogP) is 0.681. The van der Waals surface area contributed by atoms with Crippen LogP contribution >= 0.6 is 0 Å². The molecule has 3 rings (SSSR count). The number of nitrogens with zero attached hydrogens (tertiary/aromatic N) is 2. The van der Waals surface area contributed by atoms with E-state index in [1.54, 1.807) is 12.1 Å². The molecule has 1 aromatic rings. The van der Waals surface area contributed by atoms with E-state index in [1.807, 2.05) is 5.01 Å². The van der Waals surface area contributed by atoms with E-state index < -0.39 is 20.7 Å². The number of hydrazine groups is 1. The van der Waals surface area contributed by atoms with Crippen LogP contribution in [-0.4, -0.2) is 76.3 Å². The van der Waals surface area contributed by atoms with Gasteiger partial charge >= 0.3 is 5.97 Å². The Morgan fingerprint density at radius 2 is 1.73 bits per heavy atom. The smallest absolute Gasteiger partial charge is 0.356 e. The molecule has 144 valence electrons. The van der Waals surface area contributed by atoms with Crippen molar-refractivity contribution in [3.63, 3.8) is 0 Å². The molecule has 9 heteroatoms. The van der Waals surface area contributed by atoms with Crippen molar-refractivity contribution in [1.29, 1.82) is 0 Å². The van der Waals surface area contributed by atoms with E-state index in [2.05, 4.69) is 5.01 Å². The molecule has 0 amide bonds. The van der Waals surface area contributed by atoms with Gasteiger partial charge in [0.1, 0.15) is 5.75 Å². The van der Waals surface area contributed by atoms with Gasteiger partial charge in [0.2, 0.25) is 9.84 Å². The first-order chi connectivity index (χ1) is 12.4. The first-order valence-electron chi connectivity index (χ1n) is 8.55. The van der Waals surface area contributed by atoms with Crippen molar-refractivity contribution in [2.24, 2.45) is 0 Å². The SMILES string of the molecule is COC(=O)C1(S(=O)(=O)c2ccc(OC)cc2)CN(N2CCCC2)CCO1. The molecule has 26 heavy (non-hydrogen) atoms. The first-order valence-corrected chi connectivity index (χ1v) is 10.0. The molecule has 0 saturated carbocycles. The summed E-state index contributed by atoms with van der Waals surface area (Å²) in [4.78, 5) is 10.5. The molecule has 2 heterocycles. The molecular formula is C17H24N2O6S.